The fourth-order valence-electron chi connectivity index (χ4n) is 4.40. The van der Waals surface area contributed by atoms with Crippen LogP contribution in [0.15, 0.2) is 60.9 Å². The first-order valence-electron chi connectivity index (χ1n) is 10.9. The van der Waals surface area contributed by atoms with Crippen molar-refractivity contribution in [2.75, 3.05) is 5.32 Å². The molecule has 5 rings (SSSR count). The van der Waals surface area contributed by atoms with Crippen molar-refractivity contribution in [3.8, 4) is 22.4 Å². The predicted molar refractivity (Wildman–Crippen MR) is 125 cm³/mol. The van der Waals surface area contributed by atoms with Gasteiger partial charge in [0.15, 0.2) is 0 Å². The highest BCUT2D eigenvalue weighted by molar-refractivity contribution is 5.67. The summed E-state index contributed by atoms with van der Waals surface area (Å²) in [7, 11) is 0. The predicted octanol–water partition coefficient (Wildman–Crippen LogP) is 5.80. The summed E-state index contributed by atoms with van der Waals surface area (Å²) in [5.41, 5.74) is 7.44. The van der Waals surface area contributed by atoms with Gasteiger partial charge in [0.25, 0.3) is 0 Å². The average Bonchev–Trinajstić information content (AvgIpc) is 3.20. The Bertz CT molecular complexity index is 1250. The quantitative estimate of drug-likeness (QED) is 0.395. The van der Waals surface area contributed by atoms with Gasteiger partial charge in [-0.1, -0.05) is 38.1 Å². The van der Waals surface area contributed by atoms with Crippen molar-refractivity contribution < 1.29 is 4.39 Å². The maximum Gasteiger partial charge on any atom is 0.215 e. The van der Waals surface area contributed by atoms with Crippen LogP contribution in [0.1, 0.15) is 37.1 Å². The molecule has 1 aliphatic rings. The van der Waals surface area contributed by atoms with Crippen LogP contribution in [0.2, 0.25) is 0 Å². The summed E-state index contributed by atoms with van der Waals surface area (Å²) in [6.07, 6.45) is 6.61. The van der Waals surface area contributed by atoms with Gasteiger partial charge in [-0.05, 0) is 59.6 Å². The smallest absolute Gasteiger partial charge is 0.215 e. The summed E-state index contributed by atoms with van der Waals surface area (Å²) >= 11 is 0. The fourth-order valence-corrected chi connectivity index (χ4v) is 4.40. The molecule has 4 aromatic rings. The number of aromatic amines is 1. The number of nitrogens with one attached hydrogen (secondary N) is 2. The molecular weight excluding hydrogens is 401 g/mol. The first-order chi connectivity index (χ1) is 15.5. The van der Waals surface area contributed by atoms with Crippen molar-refractivity contribution in [3.05, 3.63) is 83.7 Å². The third-order valence-electron chi connectivity index (χ3n) is 6.12. The number of aromatic nitrogens is 4. The second-order valence-corrected chi connectivity index (χ2v) is 9.23. The highest BCUT2D eigenvalue weighted by Gasteiger charge is 2.29. The van der Waals surface area contributed by atoms with Gasteiger partial charge in [-0.3, -0.25) is 10.1 Å². The van der Waals surface area contributed by atoms with Crippen molar-refractivity contribution in [1.82, 2.24) is 20.2 Å². The zero-order valence-corrected chi connectivity index (χ0v) is 18.3. The minimum atomic E-state index is -0.512. The molecule has 0 radical (unpaired) electrons. The van der Waals surface area contributed by atoms with Gasteiger partial charge in [0.2, 0.25) is 5.95 Å². The van der Waals surface area contributed by atoms with E-state index in [1.165, 1.54) is 11.6 Å². The van der Waals surface area contributed by atoms with Gasteiger partial charge in [0.1, 0.15) is 5.82 Å². The molecule has 0 atom stereocenters. The van der Waals surface area contributed by atoms with Crippen LogP contribution in [0.25, 0.3) is 22.4 Å². The van der Waals surface area contributed by atoms with Crippen molar-refractivity contribution in [2.24, 2.45) is 5.41 Å². The SMILES string of the molecule is CC1(C)CCc2c(-c3cc(F)nc(NCc4cccc(-c5cccnc5)c4)c3)n[nH]c2C1. The maximum atomic E-state index is 14.4. The Morgan fingerprint density at radius 2 is 1.94 bits per heavy atom. The van der Waals surface area contributed by atoms with Crippen LogP contribution in [0.5, 0.6) is 0 Å². The summed E-state index contributed by atoms with van der Waals surface area (Å²) in [5.74, 6) is -0.0123. The maximum absolute atomic E-state index is 14.4. The van der Waals surface area contributed by atoms with E-state index in [9.17, 15) is 4.39 Å². The average molecular weight is 428 g/mol. The summed E-state index contributed by atoms with van der Waals surface area (Å²) in [4.78, 5) is 8.24. The van der Waals surface area contributed by atoms with E-state index in [2.05, 4.69) is 51.5 Å². The Morgan fingerprint density at radius 3 is 2.78 bits per heavy atom. The van der Waals surface area contributed by atoms with E-state index in [0.717, 1.165) is 52.9 Å². The Morgan fingerprint density at radius 1 is 1.06 bits per heavy atom. The van der Waals surface area contributed by atoms with Crippen molar-refractivity contribution >= 4 is 5.82 Å². The van der Waals surface area contributed by atoms with Gasteiger partial charge in [-0.25, -0.2) is 4.98 Å². The van der Waals surface area contributed by atoms with Crippen molar-refractivity contribution in [3.63, 3.8) is 0 Å². The number of benzene rings is 1. The molecule has 0 saturated carbocycles. The number of hydrogen-bond acceptors (Lipinski definition) is 4. The molecule has 0 unspecified atom stereocenters. The molecule has 0 bridgehead atoms. The summed E-state index contributed by atoms with van der Waals surface area (Å²) < 4.78 is 14.4. The van der Waals surface area contributed by atoms with Crippen LogP contribution in [0, 0.1) is 11.4 Å². The summed E-state index contributed by atoms with van der Waals surface area (Å²) in [5, 5.41) is 11.0. The summed E-state index contributed by atoms with van der Waals surface area (Å²) in [6.45, 7) is 5.08. The van der Waals surface area contributed by atoms with Gasteiger partial charge in [0.05, 0.1) is 5.69 Å². The standard InChI is InChI=1S/C26H26FN5/c1-26(2)9-8-21-22(14-26)31-32-25(21)20-12-23(27)30-24(13-20)29-15-17-5-3-6-18(11-17)19-7-4-10-28-16-19/h3-7,10-13,16H,8-9,14-15H2,1-2H3,(H,29,30)(H,31,32). The van der Waals surface area contributed by atoms with Crippen LogP contribution < -0.4 is 5.32 Å². The largest absolute Gasteiger partial charge is 0.366 e. The van der Waals surface area contributed by atoms with Gasteiger partial charge < -0.3 is 5.32 Å². The van der Waals surface area contributed by atoms with Crippen LogP contribution >= 0.6 is 0 Å². The van der Waals surface area contributed by atoms with Crippen molar-refractivity contribution in [2.45, 2.75) is 39.7 Å². The normalized spacial score (nSPS) is 14.7. The van der Waals surface area contributed by atoms with Gasteiger partial charge in [-0.2, -0.15) is 9.49 Å². The highest BCUT2D eigenvalue weighted by atomic mass is 19.1. The van der Waals surface area contributed by atoms with E-state index in [1.54, 1.807) is 6.20 Å². The van der Waals surface area contributed by atoms with Gasteiger partial charge >= 0.3 is 0 Å². The molecule has 5 nitrogen and oxygen atoms in total. The molecule has 162 valence electrons. The third kappa shape index (κ3) is 4.26. The molecule has 2 N–H and O–H groups in total. The number of rotatable bonds is 5. The Balaban J connectivity index is 1.37. The van der Waals surface area contributed by atoms with Gasteiger partial charge in [0, 0.05) is 41.8 Å². The lowest BCUT2D eigenvalue weighted by molar-refractivity contribution is 0.312. The zero-order chi connectivity index (χ0) is 22.1. The highest BCUT2D eigenvalue weighted by Crippen LogP contribution is 2.38. The lowest BCUT2D eigenvalue weighted by atomic mass is 9.76. The first-order valence-corrected chi connectivity index (χ1v) is 10.9. The molecule has 32 heavy (non-hydrogen) atoms. The van der Waals surface area contributed by atoms with E-state index < -0.39 is 5.95 Å². The number of anilines is 1. The fraction of sp³-hybridized carbons (Fsp3) is 0.269. The van der Waals surface area contributed by atoms with Crippen molar-refractivity contribution in [1.29, 1.82) is 0 Å². The number of pyridine rings is 2. The molecule has 6 heteroatoms. The van der Waals surface area contributed by atoms with Crippen LogP contribution in [0.4, 0.5) is 10.2 Å². The van der Waals surface area contributed by atoms with E-state index in [4.69, 9.17) is 0 Å². The van der Waals surface area contributed by atoms with Crippen LogP contribution in [0.3, 0.4) is 0 Å². The number of H-pyrrole nitrogens is 1. The molecule has 0 spiro atoms. The summed E-state index contributed by atoms with van der Waals surface area (Å²) in [6, 6.07) is 15.5. The molecule has 0 fully saturated rings. The van der Waals surface area contributed by atoms with Gasteiger partial charge in [-0.15, -0.1) is 0 Å². The Kier molecular flexibility index (Phi) is 5.21. The minimum absolute atomic E-state index is 0.261. The van der Waals surface area contributed by atoms with Crippen LogP contribution in [-0.2, 0) is 19.4 Å². The zero-order valence-electron chi connectivity index (χ0n) is 18.3. The monoisotopic (exact) mass is 427 g/mol. The lowest BCUT2D eigenvalue weighted by Crippen LogP contribution is -2.21. The Hall–Kier alpha value is -3.54. The molecule has 1 aromatic carbocycles. The molecule has 0 aliphatic heterocycles. The third-order valence-corrected chi connectivity index (χ3v) is 6.12. The molecule has 0 amide bonds. The minimum Gasteiger partial charge on any atom is -0.366 e. The lowest BCUT2D eigenvalue weighted by Gasteiger charge is -2.29. The van der Waals surface area contributed by atoms with Crippen LogP contribution in [-0.4, -0.2) is 20.2 Å². The topological polar surface area (TPSA) is 66.5 Å². The van der Waals surface area contributed by atoms with E-state index in [1.807, 2.05) is 36.5 Å². The first kappa shape index (κ1) is 20.4. The van der Waals surface area contributed by atoms with E-state index >= 15 is 0 Å². The second kappa shape index (κ2) is 8.19. The molecule has 0 saturated heterocycles. The number of halogens is 1. The number of nitrogens with zero attached hydrogens (tertiary/aromatic N) is 3. The molecular formula is C26H26FN5. The number of fused-ring (bicyclic) bond motifs is 1. The number of hydrogen-bond donors (Lipinski definition) is 2. The van der Waals surface area contributed by atoms with E-state index in [0.29, 0.717) is 12.4 Å². The molecule has 3 aromatic heterocycles. The molecule has 1 aliphatic carbocycles. The second-order valence-electron chi connectivity index (χ2n) is 9.23. The molecule has 3 heterocycles. The van der Waals surface area contributed by atoms with E-state index in [-0.39, 0.29) is 5.41 Å². The Labute approximate surface area is 187 Å².